The van der Waals surface area contributed by atoms with Gasteiger partial charge in [-0.1, -0.05) is 11.6 Å². The minimum atomic E-state index is -3.65. The summed E-state index contributed by atoms with van der Waals surface area (Å²) in [4.78, 5) is 2.53. The van der Waals surface area contributed by atoms with Crippen LogP contribution in [0.2, 0.25) is 5.02 Å². The van der Waals surface area contributed by atoms with Crippen LogP contribution >= 0.6 is 27.5 Å². The summed E-state index contributed by atoms with van der Waals surface area (Å²) < 4.78 is 39.0. The maximum Gasteiger partial charge on any atom is 0.246 e. The van der Waals surface area contributed by atoms with Crippen molar-refractivity contribution in [2.75, 3.05) is 53.0 Å². The van der Waals surface area contributed by atoms with E-state index in [0.717, 1.165) is 45.7 Å². The molecule has 0 radical (unpaired) electrons. The van der Waals surface area contributed by atoms with Gasteiger partial charge in [-0.05, 0) is 46.8 Å². The molecule has 26 heavy (non-hydrogen) atoms. The number of hydrogen-bond acceptors (Lipinski definition) is 5. The second kappa shape index (κ2) is 8.75. The molecule has 1 aromatic carbocycles. The smallest absolute Gasteiger partial charge is 0.246 e. The van der Waals surface area contributed by atoms with Crippen LogP contribution in [0.4, 0.5) is 0 Å². The molecule has 2 aliphatic heterocycles. The average Bonchev–Trinajstić information content (AvgIpc) is 2.62. The lowest BCUT2D eigenvalue weighted by atomic mass is 9.97. The number of benzene rings is 1. The molecular weight excluding hydrogens is 444 g/mol. The van der Waals surface area contributed by atoms with Crippen LogP contribution in [0.3, 0.4) is 0 Å². The van der Waals surface area contributed by atoms with Crippen molar-refractivity contribution in [1.82, 2.24) is 9.21 Å². The second-order valence-corrected chi connectivity index (χ2v) is 9.88. The van der Waals surface area contributed by atoms with Gasteiger partial charge in [-0.2, -0.15) is 4.31 Å². The first kappa shape index (κ1) is 20.4. The first-order chi connectivity index (χ1) is 12.4. The fraction of sp³-hybridized carbons (Fsp3) is 0.647. The van der Waals surface area contributed by atoms with Gasteiger partial charge < -0.3 is 9.47 Å². The van der Waals surface area contributed by atoms with Gasteiger partial charge in [0.25, 0.3) is 0 Å². The van der Waals surface area contributed by atoms with Gasteiger partial charge in [-0.15, -0.1) is 0 Å². The molecule has 0 aliphatic carbocycles. The molecule has 0 atom stereocenters. The third-order valence-corrected chi connectivity index (χ3v) is 7.70. The Balaban J connectivity index is 1.68. The van der Waals surface area contributed by atoms with Crippen molar-refractivity contribution in [2.45, 2.75) is 17.7 Å². The van der Waals surface area contributed by atoms with Crippen molar-refractivity contribution in [1.29, 1.82) is 0 Å². The van der Waals surface area contributed by atoms with Crippen LogP contribution in [0.15, 0.2) is 21.5 Å². The number of rotatable bonds is 5. The Morgan fingerprint density at radius 3 is 2.50 bits per heavy atom. The summed E-state index contributed by atoms with van der Waals surface area (Å²) in [5.74, 6) is 0.817. The molecule has 2 heterocycles. The lowest BCUT2D eigenvalue weighted by Gasteiger charge is -2.35. The number of piperidine rings is 1. The molecule has 6 nitrogen and oxygen atoms in total. The van der Waals surface area contributed by atoms with Crippen molar-refractivity contribution in [3.05, 3.63) is 21.6 Å². The Kier molecular flexibility index (Phi) is 6.85. The van der Waals surface area contributed by atoms with Gasteiger partial charge in [-0.25, -0.2) is 8.42 Å². The lowest BCUT2D eigenvalue weighted by molar-refractivity contribution is 0.0269. The van der Waals surface area contributed by atoms with E-state index in [4.69, 9.17) is 21.1 Å². The van der Waals surface area contributed by atoms with Crippen LogP contribution < -0.4 is 4.74 Å². The Labute approximate surface area is 168 Å². The number of sulfonamides is 1. The minimum absolute atomic E-state index is 0.117. The van der Waals surface area contributed by atoms with Crippen LogP contribution in [-0.2, 0) is 14.8 Å². The molecule has 3 rings (SSSR count). The summed E-state index contributed by atoms with van der Waals surface area (Å²) >= 11 is 9.40. The third kappa shape index (κ3) is 4.54. The molecule has 2 saturated heterocycles. The number of ether oxygens (including phenoxy) is 2. The third-order valence-electron chi connectivity index (χ3n) is 4.99. The van der Waals surface area contributed by atoms with E-state index < -0.39 is 10.0 Å². The van der Waals surface area contributed by atoms with E-state index in [1.54, 1.807) is 10.4 Å². The first-order valence-corrected chi connectivity index (χ1v) is 11.4. The van der Waals surface area contributed by atoms with Crippen molar-refractivity contribution in [3.8, 4) is 5.75 Å². The van der Waals surface area contributed by atoms with Crippen LogP contribution in [0.5, 0.6) is 5.75 Å². The highest BCUT2D eigenvalue weighted by atomic mass is 79.9. The molecule has 146 valence electrons. The summed E-state index contributed by atoms with van der Waals surface area (Å²) in [5.41, 5.74) is 0. The molecule has 9 heteroatoms. The normalized spacial score (nSPS) is 21.0. The van der Waals surface area contributed by atoms with Crippen LogP contribution in [-0.4, -0.2) is 70.7 Å². The summed E-state index contributed by atoms with van der Waals surface area (Å²) in [7, 11) is -2.19. The van der Waals surface area contributed by atoms with Gasteiger partial charge in [-0.3, -0.25) is 4.90 Å². The molecule has 0 spiro atoms. The molecule has 0 N–H and O–H groups in total. The number of nitrogens with zero attached hydrogens (tertiary/aromatic N) is 2. The van der Waals surface area contributed by atoms with E-state index in [1.165, 1.54) is 13.2 Å². The zero-order valence-corrected chi connectivity index (χ0v) is 17.9. The highest BCUT2D eigenvalue weighted by Crippen LogP contribution is 2.37. The van der Waals surface area contributed by atoms with Crippen LogP contribution in [0, 0.1) is 5.92 Å². The van der Waals surface area contributed by atoms with Gasteiger partial charge in [0.1, 0.15) is 4.90 Å². The molecule has 0 unspecified atom stereocenters. The van der Waals surface area contributed by atoms with E-state index in [2.05, 4.69) is 20.8 Å². The lowest BCUT2D eigenvalue weighted by Crippen LogP contribution is -2.44. The topological polar surface area (TPSA) is 59.1 Å². The Bertz CT molecular complexity index is 733. The summed E-state index contributed by atoms with van der Waals surface area (Å²) in [5, 5.41) is 0.360. The Hall–Kier alpha value is -0.380. The molecule has 0 amide bonds. The second-order valence-electron chi connectivity index (χ2n) is 6.68. The predicted molar refractivity (Wildman–Crippen MR) is 104 cm³/mol. The van der Waals surface area contributed by atoms with Crippen molar-refractivity contribution in [3.63, 3.8) is 0 Å². The monoisotopic (exact) mass is 466 g/mol. The van der Waals surface area contributed by atoms with Gasteiger partial charge in [0.2, 0.25) is 10.0 Å². The molecule has 1 aromatic rings. The fourth-order valence-corrected chi connectivity index (χ4v) is 6.39. The quantitative estimate of drug-likeness (QED) is 0.666. The Morgan fingerprint density at radius 1 is 1.23 bits per heavy atom. The standard InChI is InChI=1S/C17H24BrClN2O4S/c1-24-17-15(18)10-14(19)11-16(17)26(22,23)21-4-2-13(3-5-21)12-20-6-8-25-9-7-20/h10-11,13H,2-9,12H2,1H3. The van der Waals surface area contributed by atoms with Crippen molar-refractivity contribution >= 4 is 37.6 Å². The number of halogens is 2. The molecule has 0 aromatic heterocycles. The van der Waals surface area contributed by atoms with E-state index in [0.29, 0.717) is 34.3 Å². The largest absolute Gasteiger partial charge is 0.494 e. The maximum atomic E-state index is 13.1. The number of methoxy groups -OCH3 is 1. The SMILES string of the molecule is COc1c(Br)cc(Cl)cc1S(=O)(=O)N1CCC(CN2CCOCC2)CC1. The zero-order chi connectivity index (χ0) is 18.7. The molecule has 2 aliphatic rings. The predicted octanol–water partition coefficient (Wildman–Crippen LogP) is 2.84. The summed E-state index contributed by atoms with van der Waals surface area (Å²) in [6.45, 7) is 5.56. The Morgan fingerprint density at radius 2 is 1.88 bits per heavy atom. The van der Waals surface area contributed by atoms with Crippen LogP contribution in [0.1, 0.15) is 12.8 Å². The molecule has 0 bridgehead atoms. The zero-order valence-electron chi connectivity index (χ0n) is 14.8. The minimum Gasteiger partial charge on any atom is -0.494 e. The van der Waals surface area contributed by atoms with Gasteiger partial charge in [0.15, 0.2) is 5.75 Å². The maximum absolute atomic E-state index is 13.1. The van der Waals surface area contributed by atoms with Gasteiger partial charge in [0.05, 0.1) is 24.8 Å². The first-order valence-electron chi connectivity index (χ1n) is 8.75. The van der Waals surface area contributed by atoms with E-state index in [-0.39, 0.29) is 4.90 Å². The fourth-order valence-electron chi connectivity index (χ4n) is 3.55. The number of morpholine rings is 1. The van der Waals surface area contributed by atoms with E-state index in [9.17, 15) is 8.42 Å². The van der Waals surface area contributed by atoms with Crippen molar-refractivity contribution in [2.24, 2.45) is 5.92 Å². The highest BCUT2D eigenvalue weighted by Gasteiger charge is 2.33. The molecule has 2 fully saturated rings. The van der Waals surface area contributed by atoms with E-state index >= 15 is 0 Å². The van der Waals surface area contributed by atoms with Gasteiger partial charge >= 0.3 is 0 Å². The average molecular weight is 468 g/mol. The van der Waals surface area contributed by atoms with E-state index in [1.807, 2.05) is 0 Å². The van der Waals surface area contributed by atoms with Crippen LogP contribution in [0.25, 0.3) is 0 Å². The summed E-state index contributed by atoms with van der Waals surface area (Å²) in [6.07, 6.45) is 1.72. The summed E-state index contributed by atoms with van der Waals surface area (Å²) in [6, 6.07) is 3.09. The molecule has 0 saturated carbocycles. The number of hydrogen-bond donors (Lipinski definition) is 0. The highest BCUT2D eigenvalue weighted by molar-refractivity contribution is 9.10. The molecular formula is C17H24BrClN2O4S. The van der Waals surface area contributed by atoms with Gasteiger partial charge in [0, 0.05) is 37.7 Å². The van der Waals surface area contributed by atoms with Crippen molar-refractivity contribution < 1.29 is 17.9 Å².